The highest BCUT2D eigenvalue weighted by atomic mass is 16.1. The van der Waals surface area contributed by atoms with E-state index in [0.29, 0.717) is 12.5 Å². The molecule has 2 aromatic carbocycles. The number of nitrogens with zero attached hydrogens (tertiary/aromatic N) is 1. The zero-order valence-electron chi connectivity index (χ0n) is 13.4. The highest BCUT2D eigenvalue weighted by Crippen LogP contribution is 2.24. The number of fused-ring (bicyclic) bond motifs is 1. The number of Topliss-reactive ketones (excluding diaryl/α,β-unsaturated/α-hetero) is 1. The summed E-state index contributed by atoms with van der Waals surface area (Å²) in [7, 11) is 0. The van der Waals surface area contributed by atoms with Gasteiger partial charge in [-0.1, -0.05) is 62.4 Å². The Labute approximate surface area is 132 Å². The highest BCUT2D eigenvalue weighted by molar-refractivity contribution is 5.97. The van der Waals surface area contributed by atoms with Crippen molar-refractivity contribution in [2.75, 3.05) is 13.1 Å². The molecule has 1 aliphatic rings. The Kier molecular flexibility index (Phi) is 4.39. The molecule has 0 aliphatic carbocycles. The number of carbonyl (C=O) groups excluding carboxylic acids is 1. The van der Waals surface area contributed by atoms with E-state index < -0.39 is 0 Å². The smallest absolute Gasteiger partial charge is 0.176 e. The number of hydrogen-bond acceptors (Lipinski definition) is 2. The summed E-state index contributed by atoms with van der Waals surface area (Å²) < 4.78 is 0. The fraction of sp³-hybridized carbons (Fsp3) is 0.350. The molecule has 0 radical (unpaired) electrons. The van der Waals surface area contributed by atoms with Crippen molar-refractivity contribution in [1.82, 2.24) is 4.90 Å². The fourth-order valence-corrected chi connectivity index (χ4v) is 3.05. The number of ketones is 1. The average Bonchev–Trinajstić information content (AvgIpc) is 2.55. The average molecular weight is 293 g/mol. The molecule has 0 aromatic heterocycles. The van der Waals surface area contributed by atoms with Crippen molar-refractivity contribution >= 4 is 5.78 Å². The minimum atomic E-state index is 0.212. The van der Waals surface area contributed by atoms with E-state index in [4.69, 9.17) is 0 Å². The number of hydrogen-bond donors (Lipinski definition) is 0. The molecule has 2 nitrogen and oxygen atoms in total. The van der Waals surface area contributed by atoms with E-state index in [1.54, 1.807) is 0 Å². The third-order valence-electron chi connectivity index (χ3n) is 4.45. The lowest BCUT2D eigenvalue weighted by molar-refractivity contribution is 0.0921. The molecule has 2 heteroatoms. The van der Waals surface area contributed by atoms with Crippen molar-refractivity contribution in [3.63, 3.8) is 0 Å². The minimum Gasteiger partial charge on any atom is -0.293 e. The molecule has 0 saturated heterocycles. The molecule has 0 saturated carbocycles. The van der Waals surface area contributed by atoms with Gasteiger partial charge in [0.2, 0.25) is 0 Å². The van der Waals surface area contributed by atoms with Crippen LogP contribution in [0, 0.1) is 0 Å². The quantitative estimate of drug-likeness (QED) is 0.793. The summed E-state index contributed by atoms with van der Waals surface area (Å²) in [5.41, 5.74) is 5.02. The Hall–Kier alpha value is -1.93. The molecule has 22 heavy (non-hydrogen) atoms. The van der Waals surface area contributed by atoms with Crippen LogP contribution < -0.4 is 0 Å². The van der Waals surface area contributed by atoms with Crippen LogP contribution in [0.1, 0.15) is 46.8 Å². The van der Waals surface area contributed by atoms with Crippen molar-refractivity contribution in [2.45, 2.75) is 32.7 Å². The molecule has 0 bridgehead atoms. The van der Waals surface area contributed by atoms with Crippen LogP contribution in [0.5, 0.6) is 0 Å². The third kappa shape index (κ3) is 3.28. The maximum absolute atomic E-state index is 12.4. The summed E-state index contributed by atoms with van der Waals surface area (Å²) in [6, 6.07) is 16.4. The maximum Gasteiger partial charge on any atom is 0.176 e. The molecule has 1 aliphatic heterocycles. The molecule has 0 spiro atoms. The number of benzene rings is 2. The lowest BCUT2D eigenvalue weighted by atomic mass is 9.93. The first-order valence-electron chi connectivity index (χ1n) is 8.06. The van der Waals surface area contributed by atoms with Crippen LogP contribution in [0.2, 0.25) is 0 Å². The topological polar surface area (TPSA) is 20.3 Å². The monoisotopic (exact) mass is 293 g/mol. The normalized spacial score (nSPS) is 14.9. The summed E-state index contributed by atoms with van der Waals surface area (Å²) in [6.07, 6.45) is 1.04. The van der Waals surface area contributed by atoms with Crippen molar-refractivity contribution < 1.29 is 4.79 Å². The highest BCUT2D eigenvalue weighted by Gasteiger charge is 2.19. The first-order valence-corrected chi connectivity index (χ1v) is 8.06. The van der Waals surface area contributed by atoms with Crippen LogP contribution in [0.25, 0.3) is 0 Å². The number of carbonyl (C=O) groups is 1. The van der Waals surface area contributed by atoms with E-state index in [0.717, 1.165) is 25.1 Å². The van der Waals surface area contributed by atoms with Crippen molar-refractivity contribution in [1.29, 1.82) is 0 Å². The molecule has 0 unspecified atom stereocenters. The zero-order chi connectivity index (χ0) is 15.5. The summed E-state index contributed by atoms with van der Waals surface area (Å²) in [4.78, 5) is 14.6. The molecule has 0 amide bonds. The predicted octanol–water partition coefficient (Wildman–Crippen LogP) is 4.05. The Morgan fingerprint density at radius 1 is 1.09 bits per heavy atom. The zero-order valence-corrected chi connectivity index (χ0v) is 13.4. The maximum atomic E-state index is 12.4. The first-order chi connectivity index (χ1) is 10.6. The summed E-state index contributed by atoms with van der Waals surface area (Å²) >= 11 is 0. The van der Waals surface area contributed by atoms with Gasteiger partial charge < -0.3 is 0 Å². The van der Waals surface area contributed by atoms with E-state index in [2.05, 4.69) is 36.9 Å². The van der Waals surface area contributed by atoms with E-state index in [9.17, 15) is 4.79 Å². The molecule has 0 N–H and O–H groups in total. The van der Waals surface area contributed by atoms with Crippen LogP contribution in [0.3, 0.4) is 0 Å². The second-order valence-electron chi connectivity index (χ2n) is 6.43. The summed E-state index contributed by atoms with van der Waals surface area (Å²) in [5.74, 6) is 0.760. The Morgan fingerprint density at radius 2 is 1.86 bits per heavy atom. The second-order valence-corrected chi connectivity index (χ2v) is 6.43. The van der Waals surface area contributed by atoms with Crippen molar-refractivity contribution in [3.8, 4) is 0 Å². The van der Waals surface area contributed by atoms with Gasteiger partial charge in [0.1, 0.15) is 0 Å². The largest absolute Gasteiger partial charge is 0.293 e. The van der Waals surface area contributed by atoms with Crippen molar-refractivity contribution in [2.24, 2.45) is 0 Å². The van der Waals surface area contributed by atoms with Gasteiger partial charge in [-0.15, -0.1) is 0 Å². The van der Waals surface area contributed by atoms with Gasteiger partial charge in [-0.05, 0) is 29.0 Å². The van der Waals surface area contributed by atoms with Crippen LogP contribution in [0.15, 0.2) is 48.5 Å². The molecular formula is C20H23NO. The Bertz CT molecular complexity index is 661. The third-order valence-corrected chi connectivity index (χ3v) is 4.45. The molecule has 2 aromatic rings. The van der Waals surface area contributed by atoms with E-state index >= 15 is 0 Å². The van der Waals surface area contributed by atoms with Crippen LogP contribution in [-0.4, -0.2) is 23.8 Å². The van der Waals surface area contributed by atoms with E-state index in [-0.39, 0.29) is 5.78 Å². The standard InChI is InChI=1S/C20H23NO/c1-15(2)18-9-8-16-10-11-21(13-19(16)12-18)14-20(22)17-6-4-3-5-7-17/h3-9,12,15H,10-11,13-14H2,1-2H3. The number of rotatable bonds is 4. The summed E-state index contributed by atoms with van der Waals surface area (Å²) in [6.45, 7) is 6.80. The lowest BCUT2D eigenvalue weighted by Crippen LogP contribution is -2.35. The molecule has 0 fully saturated rings. The molecule has 1 heterocycles. The fourth-order valence-electron chi connectivity index (χ4n) is 3.05. The minimum absolute atomic E-state index is 0.212. The Balaban J connectivity index is 1.71. The van der Waals surface area contributed by atoms with Gasteiger partial charge >= 0.3 is 0 Å². The van der Waals surface area contributed by atoms with Gasteiger partial charge in [0.05, 0.1) is 6.54 Å². The predicted molar refractivity (Wildman–Crippen MR) is 90.3 cm³/mol. The van der Waals surface area contributed by atoms with Crippen LogP contribution in [0.4, 0.5) is 0 Å². The van der Waals surface area contributed by atoms with Gasteiger partial charge in [0, 0.05) is 18.7 Å². The second kappa shape index (κ2) is 6.45. The molecule has 114 valence electrons. The Morgan fingerprint density at radius 3 is 2.59 bits per heavy atom. The molecular weight excluding hydrogens is 270 g/mol. The lowest BCUT2D eigenvalue weighted by Gasteiger charge is -2.29. The van der Waals surface area contributed by atoms with Crippen LogP contribution in [-0.2, 0) is 13.0 Å². The SMILES string of the molecule is CC(C)c1ccc2c(c1)CN(CC(=O)c1ccccc1)CC2. The van der Waals surface area contributed by atoms with Gasteiger partial charge in [-0.2, -0.15) is 0 Å². The van der Waals surface area contributed by atoms with Gasteiger partial charge in [-0.25, -0.2) is 0 Å². The van der Waals surface area contributed by atoms with E-state index in [1.807, 2.05) is 30.3 Å². The van der Waals surface area contributed by atoms with Gasteiger partial charge in [-0.3, -0.25) is 9.69 Å². The summed E-state index contributed by atoms with van der Waals surface area (Å²) in [5, 5.41) is 0. The molecule has 3 rings (SSSR count). The van der Waals surface area contributed by atoms with Crippen LogP contribution >= 0.6 is 0 Å². The van der Waals surface area contributed by atoms with Gasteiger partial charge in [0.25, 0.3) is 0 Å². The van der Waals surface area contributed by atoms with Crippen molar-refractivity contribution in [3.05, 3.63) is 70.8 Å². The first kappa shape index (κ1) is 15.0. The molecule has 0 atom stereocenters. The van der Waals surface area contributed by atoms with E-state index in [1.165, 1.54) is 16.7 Å². The van der Waals surface area contributed by atoms with Gasteiger partial charge in [0.15, 0.2) is 5.78 Å².